The number of pyridine rings is 1. The van der Waals surface area contributed by atoms with Gasteiger partial charge in [0.1, 0.15) is 5.75 Å². The van der Waals surface area contributed by atoms with Gasteiger partial charge in [-0.2, -0.15) is 0 Å². The second-order valence-corrected chi connectivity index (χ2v) is 4.41. The molecule has 1 aliphatic heterocycles. The molecular weight excluding hydrogens is 214 g/mol. The summed E-state index contributed by atoms with van der Waals surface area (Å²) in [6, 6.07) is 2.00. The van der Waals surface area contributed by atoms with Gasteiger partial charge >= 0.3 is 0 Å². The first kappa shape index (κ1) is 12.3. The van der Waals surface area contributed by atoms with Crippen LogP contribution >= 0.6 is 0 Å². The van der Waals surface area contributed by atoms with Crippen LogP contribution < -0.4 is 10.1 Å². The number of nitrogens with zero attached hydrogens (tertiary/aromatic N) is 2. The molecule has 17 heavy (non-hydrogen) atoms. The third-order valence-corrected chi connectivity index (χ3v) is 3.21. The average Bonchev–Trinajstić information content (AvgIpc) is 2.88. The monoisotopic (exact) mass is 235 g/mol. The number of aromatic nitrogens is 1. The first-order valence-electron chi connectivity index (χ1n) is 6.30. The maximum atomic E-state index is 5.26. The van der Waals surface area contributed by atoms with Gasteiger partial charge in [0.2, 0.25) is 0 Å². The van der Waals surface area contributed by atoms with Crippen molar-refractivity contribution in [2.45, 2.75) is 19.4 Å². The lowest BCUT2D eigenvalue weighted by atomic mass is 10.2. The zero-order valence-corrected chi connectivity index (χ0v) is 10.5. The van der Waals surface area contributed by atoms with Gasteiger partial charge in [-0.1, -0.05) is 0 Å². The Labute approximate surface area is 103 Å². The molecule has 1 aromatic rings. The molecule has 0 radical (unpaired) electrons. The molecule has 0 unspecified atom stereocenters. The zero-order chi connectivity index (χ0) is 11.9. The zero-order valence-electron chi connectivity index (χ0n) is 10.5. The van der Waals surface area contributed by atoms with Gasteiger partial charge < -0.3 is 15.0 Å². The number of methoxy groups -OCH3 is 1. The largest absolute Gasteiger partial charge is 0.495 e. The van der Waals surface area contributed by atoms with E-state index >= 15 is 0 Å². The van der Waals surface area contributed by atoms with Crippen molar-refractivity contribution in [1.82, 2.24) is 15.2 Å². The molecule has 0 aromatic carbocycles. The van der Waals surface area contributed by atoms with E-state index in [4.69, 9.17) is 4.74 Å². The fourth-order valence-corrected chi connectivity index (χ4v) is 2.21. The van der Waals surface area contributed by atoms with Crippen molar-refractivity contribution < 1.29 is 4.74 Å². The lowest BCUT2D eigenvalue weighted by Gasteiger charge is -2.15. The van der Waals surface area contributed by atoms with E-state index in [-0.39, 0.29) is 0 Å². The summed E-state index contributed by atoms with van der Waals surface area (Å²) in [5.41, 5.74) is 1.17. The molecule has 0 bridgehead atoms. The van der Waals surface area contributed by atoms with Crippen LogP contribution in [0.5, 0.6) is 5.75 Å². The van der Waals surface area contributed by atoms with Gasteiger partial charge in [0.05, 0.1) is 13.3 Å². The predicted octanol–water partition coefficient (Wildman–Crippen LogP) is 1.28. The Morgan fingerprint density at radius 3 is 3.00 bits per heavy atom. The molecule has 1 fully saturated rings. The number of likely N-dealkylation sites (tertiary alicyclic amines) is 1. The van der Waals surface area contributed by atoms with E-state index in [1.54, 1.807) is 19.5 Å². The first-order valence-corrected chi connectivity index (χ1v) is 6.30. The smallest absolute Gasteiger partial charge is 0.141 e. The third kappa shape index (κ3) is 3.68. The Morgan fingerprint density at radius 1 is 1.41 bits per heavy atom. The highest BCUT2D eigenvalue weighted by molar-refractivity contribution is 5.29. The fraction of sp³-hybridized carbons (Fsp3) is 0.615. The summed E-state index contributed by atoms with van der Waals surface area (Å²) < 4.78 is 5.26. The van der Waals surface area contributed by atoms with E-state index in [9.17, 15) is 0 Å². The van der Waals surface area contributed by atoms with Crippen LogP contribution in [0.4, 0.5) is 0 Å². The van der Waals surface area contributed by atoms with Crippen molar-refractivity contribution in [3.63, 3.8) is 0 Å². The molecule has 0 spiro atoms. The van der Waals surface area contributed by atoms with Crippen LogP contribution in [0.2, 0.25) is 0 Å². The third-order valence-electron chi connectivity index (χ3n) is 3.21. The lowest BCUT2D eigenvalue weighted by molar-refractivity contribution is 0.335. The minimum absolute atomic E-state index is 0.847. The molecular formula is C13H21N3O. The number of hydrogen-bond donors (Lipinski definition) is 1. The molecule has 1 saturated heterocycles. The van der Waals surface area contributed by atoms with Gasteiger partial charge in [-0.3, -0.25) is 4.98 Å². The summed E-state index contributed by atoms with van der Waals surface area (Å²) in [6.07, 6.45) is 6.29. The van der Waals surface area contributed by atoms with Crippen LogP contribution in [0.1, 0.15) is 18.4 Å². The minimum Gasteiger partial charge on any atom is -0.495 e. The van der Waals surface area contributed by atoms with Gasteiger partial charge in [-0.25, -0.2) is 0 Å². The Bertz CT molecular complexity index is 337. The predicted molar refractivity (Wildman–Crippen MR) is 68.2 cm³/mol. The molecule has 4 heteroatoms. The van der Waals surface area contributed by atoms with Gasteiger partial charge in [0.25, 0.3) is 0 Å². The van der Waals surface area contributed by atoms with Gasteiger partial charge in [0.15, 0.2) is 0 Å². The van der Waals surface area contributed by atoms with Crippen molar-refractivity contribution in [3.8, 4) is 5.75 Å². The second kappa shape index (κ2) is 6.57. The van der Waals surface area contributed by atoms with Crippen LogP contribution in [0.15, 0.2) is 18.5 Å². The summed E-state index contributed by atoms with van der Waals surface area (Å²) in [4.78, 5) is 6.56. The van der Waals surface area contributed by atoms with Crippen LogP contribution in [0, 0.1) is 0 Å². The molecule has 1 aliphatic rings. The molecule has 94 valence electrons. The minimum atomic E-state index is 0.847. The summed E-state index contributed by atoms with van der Waals surface area (Å²) in [5.74, 6) is 0.862. The Hall–Kier alpha value is -1.13. The van der Waals surface area contributed by atoms with Crippen molar-refractivity contribution in [1.29, 1.82) is 0 Å². The molecule has 4 nitrogen and oxygen atoms in total. The number of nitrogens with one attached hydrogen (secondary N) is 1. The molecule has 1 N–H and O–H groups in total. The summed E-state index contributed by atoms with van der Waals surface area (Å²) in [6.45, 7) is 5.55. The molecule has 2 rings (SSSR count). The highest BCUT2D eigenvalue weighted by Gasteiger charge is 2.10. The van der Waals surface area contributed by atoms with E-state index in [0.717, 1.165) is 25.4 Å². The maximum absolute atomic E-state index is 5.26. The number of rotatable bonds is 6. The standard InChI is InChI=1S/C13H21N3O/c1-17-13-11-14-5-4-12(13)10-15-6-9-16-7-2-3-8-16/h4-5,11,15H,2-3,6-10H2,1H3. The van der Waals surface area contributed by atoms with E-state index in [1.165, 1.54) is 31.5 Å². The van der Waals surface area contributed by atoms with Crippen molar-refractivity contribution in [3.05, 3.63) is 24.0 Å². The Balaban J connectivity index is 1.70. The average molecular weight is 235 g/mol. The summed E-state index contributed by atoms with van der Waals surface area (Å²) in [7, 11) is 1.69. The Kier molecular flexibility index (Phi) is 4.76. The second-order valence-electron chi connectivity index (χ2n) is 4.41. The van der Waals surface area contributed by atoms with Crippen molar-refractivity contribution in [2.24, 2.45) is 0 Å². The molecule has 0 amide bonds. The summed E-state index contributed by atoms with van der Waals surface area (Å²) in [5, 5.41) is 3.45. The van der Waals surface area contributed by atoms with Gasteiger partial charge in [-0.15, -0.1) is 0 Å². The SMILES string of the molecule is COc1cnccc1CNCCN1CCCC1. The van der Waals surface area contributed by atoms with Crippen LogP contribution in [-0.4, -0.2) is 43.2 Å². The number of ether oxygens (including phenoxy) is 1. The molecule has 0 saturated carbocycles. The normalized spacial score (nSPS) is 16.3. The highest BCUT2D eigenvalue weighted by Crippen LogP contribution is 2.14. The van der Waals surface area contributed by atoms with Crippen LogP contribution in [-0.2, 0) is 6.54 Å². The van der Waals surface area contributed by atoms with E-state index < -0.39 is 0 Å². The van der Waals surface area contributed by atoms with E-state index in [1.807, 2.05) is 6.07 Å². The molecule has 0 aliphatic carbocycles. The van der Waals surface area contributed by atoms with Crippen molar-refractivity contribution >= 4 is 0 Å². The van der Waals surface area contributed by atoms with Crippen LogP contribution in [0.25, 0.3) is 0 Å². The topological polar surface area (TPSA) is 37.4 Å². The number of hydrogen-bond acceptors (Lipinski definition) is 4. The maximum Gasteiger partial charge on any atom is 0.141 e. The van der Waals surface area contributed by atoms with Gasteiger partial charge in [0, 0.05) is 31.4 Å². The van der Waals surface area contributed by atoms with Crippen molar-refractivity contribution in [2.75, 3.05) is 33.3 Å². The molecule has 2 heterocycles. The highest BCUT2D eigenvalue weighted by atomic mass is 16.5. The van der Waals surface area contributed by atoms with E-state index in [2.05, 4.69) is 15.2 Å². The molecule has 1 aromatic heterocycles. The Morgan fingerprint density at radius 2 is 2.24 bits per heavy atom. The fourth-order valence-electron chi connectivity index (χ4n) is 2.21. The van der Waals surface area contributed by atoms with Crippen LogP contribution in [0.3, 0.4) is 0 Å². The molecule has 0 atom stereocenters. The lowest BCUT2D eigenvalue weighted by Crippen LogP contribution is -2.29. The van der Waals surface area contributed by atoms with Gasteiger partial charge in [-0.05, 0) is 32.0 Å². The summed E-state index contributed by atoms with van der Waals surface area (Å²) >= 11 is 0. The first-order chi connectivity index (χ1) is 8.40. The quantitative estimate of drug-likeness (QED) is 0.754. The van der Waals surface area contributed by atoms with E-state index in [0.29, 0.717) is 0 Å².